The van der Waals surface area contributed by atoms with E-state index in [1.807, 2.05) is 30.3 Å². The molecule has 1 N–H and O–H groups in total. The van der Waals surface area contributed by atoms with Crippen LogP contribution in [0.4, 0.5) is 4.79 Å². The van der Waals surface area contributed by atoms with E-state index in [0.717, 1.165) is 5.56 Å². The van der Waals surface area contributed by atoms with Gasteiger partial charge in [0.15, 0.2) is 0 Å². The molecule has 0 heterocycles. The summed E-state index contributed by atoms with van der Waals surface area (Å²) in [5, 5.41) is 2.56. The van der Waals surface area contributed by atoms with Gasteiger partial charge in [-0.3, -0.25) is 9.89 Å². The molecule has 4 nitrogen and oxygen atoms in total. The lowest BCUT2D eigenvalue weighted by atomic mass is 10.2. The third-order valence-corrected chi connectivity index (χ3v) is 2.08. The summed E-state index contributed by atoms with van der Waals surface area (Å²) >= 11 is 0. The van der Waals surface area contributed by atoms with E-state index in [1.54, 1.807) is 21.1 Å². The quantitative estimate of drug-likeness (QED) is 0.545. The Morgan fingerprint density at radius 2 is 1.93 bits per heavy atom. The molecule has 0 saturated heterocycles. The van der Waals surface area contributed by atoms with Gasteiger partial charge in [0.25, 0.3) is 0 Å². The standard InChI is InChI=1S/C11H15N3O/c1-12-10(14(3)11(15)13-2)9-7-5-4-6-8-9/h4-8H,1-3H3,(H,13,15). The molecule has 1 rings (SSSR count). The first-order chi connectivity index (χ1) is 7.20. The highest BCUT2D eigenvalue weighted by Gasteiger charge is 2.13. The molecule has 80 valence electrons. The minimum Gasteiger partial charge on any atom is -0.341 e. The minimum absolute atomic E-state index is 0.181. The highest BCUT2D eigenvalue weighted by molar-refractivity contribution is 6.07. The lowest BCUT2D eigenvalue weighted by Crippen LogP contribution is -2.39. The summed E-state index contributed by atoms with van der Waals surface area (Å²) in [6.45, 7) is 0. The van der Waals surface area contributed by atoms with Gasteiger partial charge in [-0.25, -0.2) is 4.79 Å². The van der Waals surface area contributed by atoms with Crippen LogP contribution in [0.1, 0.15) is 5.56 Å². The summed E-state index contributed by atoms with van der Waals surface area (Å²) in [7, 11) is 4.95. The zero-order valence-electron chi connectivity index (χ0n) is 9.19. The van der Waals surface area contributed by atoms with Crippen LogP contribution in [0, 0.1) is 0 Å². The average Bonchev–Trinajstić information content (AvgIpc) is 2.30. The van der Waals surface area contributed by atoms with Gasteiger partial charge in [0.1, 0.15) is 5.84 Å². The van der Waals surface area contributed by atoms with Crippen molar-refractivity contribution in [3.8, 4) is 0 Å². The van der Waals surface area contributed by atoms with Crippen LogP contribution in [0.3, 0.4) is 0 Å². The van der Waals surface area contributed by atoms with E-state index >= 15 is 0 Å². The summed E-state index contributed by atoms with van der Waals surface area (Å²) in [5.41, 5.74) is 0.922. The second kappa shape index (κ2) is 5.14. The van der Waals surface area contributed by atoms with E-state index in [2.05, 4.69) is 10.3 Å². The first kappa shape index (κ1) is 11.2. The lowest BCUT2D eigenvalue weighted by Gasteiger charge is -2.18. The Morgan fingerprint density at radius 1 is 1.33 bits per heavy atom. The summed E-state index contributed by atoms with van der Waals surface area (Å²) in [5.74, 6) is 0.648. The SMILES string of the molecule is CN=C(c1ccccc1)N(C)C(=O)NC. The van der Waals surface area contributed by atoms with Crippen LogP contribution in [0.25, 0.3) is 0 Å². The number of hydrogen-bond donors (Lipinski definition) is 1. The highest BCUT2D eigenvalue weighted by atomic mass is 16.2. The Kier molecular flexibility index (Phi) is 3.85. The molecule has 0 aliphatic heterocycles. The molecule has 0 aliphatic rings. The van der Waals surface area contributed by atoms with E-state index < -0.39 is 0 Å². The summed E-state index contributed by atoms with van der Waals surface area (Å²) in [4.78, 5) is 17.0. The van der Waals surface area contributed by atoms with Crippen LogP contribution in [0.5, 0.6) is 0 Å². The number of urea groups is 1. The smallest absolute Gasteiger partial charge is 0.322 e. The lowest BCUT2D eigenvalue weighted by molar-refractivity contribution is 0.228. The van der Waals surface area contributed by atoms with Crippen molar-refractivity contribution in [2.24, 2.45) is 4.99 Å². The van der Waals surface area contributed by atoms with Crippen molar-refractivity contribution >= 4 is 11.9 Å². The summed E-state index contributed by atoms with van der Waals surface area (Å²) in [6, 6.07) is 9.41. The second-order valence-electron chi connectivity index (χ2n) is 3.03. The molecule has 1 aromatic carbocycles. The number of hydrogen-bond acceptors (Lipinski definition) is 2. The Morgan fingerprint density at radius 3 is 2.40 bits per heavy atom. The van der Waals surface area contributed by atoms with Gasteiger partial charge >= 0.3 is 6.03 Å². The highest BCUT2D eigenvalue weighted by Crippen LogP contribution is 2.04. The molecule has 1 aromatic rings. The molecule has 0 aromatic heterocycles. The van der Waals surface area contributed by atoms with Crippen LogP contribution in [-0.2, 0) is 0 Å². The van der Waals surface area contributed by atoms with Crippen LogP contribution >= 0.6 is 0 Å². The third kappa shape index (κ3) is 2.56. The minimum atomic E-state index is -0.181. The van der Waals surface area contributed by atoms with Crippen LogP contribution in [0.2, 0.25) is 0 Å². The van der Waals surface area contributed by atoms with Crippen LogP contribution < -0.4 is 5.32 Å². The van der Waals surface area contributed by atoms with Crippen molar-refractivity contribution in [1.29, 1.82) is 0 Å². The van der Waals surface area contributed by atoms with Gasteiger partial charge < -0.3 is 5.32 Å². The topological polar surface area (TPSA) is 44.7 Å². The molecule has 4 heteroatoms. The Bertz CT molecular complexity index is 359. The predicted octanol–water partition coefficient (Wildman–Crippen LogP) is 1.33. The first-order valence-corrected chi connectivity index (χ1v) is 4.68. The Labute approximate surface area is 89.6 Å². The van der Waals surface area contributed by atoms with E-state index in [0.29, 0.717) is 5.84 Å². The normalized spacial score (nSPS) is 11.0. The average molecular weight is 205 g/mol. The van der Waals surface area contributed by atoms with E-state index in [1.165, 1.54) is 4.90 Å². The molecule has 15 heavy (non-hydrogen) atoms. The molecule has 0 aliphatic carbocycles. The van der Waals surface area contributed by atoms with Gasteiger partial charge in [0, 0.05) is 26.7 Å². The van der Waals surface area contributed by atoms with E-state index in [4.69, 9.17) is 0 Å². The number of amidine groups is 1. The fraction of sp³-hybridized carbons (Fsp3) is 0.273. The monoisotopic (exact) mass is 205 g/mol. The maximum Gasteiger partial charge on any atom is 0.322 e. The molecule has 0 spiro atoms. The van der Waals surface area contributed by atoms with Gasteiger partial charge in [0.2, 0.25) is 0 Å². The van der Waals surface area contributed by atoms with Crippen molar-refractivity contribution in [1.82, 2.24) is 10.2 Å². The molecule has 0 unspecified atom stereocenters. The van der Waals surface area contributed by atoms with Crippen LogP contribution in [0.15, 0.2) is 35.3 Å². The number of rotatable bonds is 1. The van der Waals surface area contributed by atoms with Gasteiger partial charge in [-0.05, 0) is 0 Å². The Hall–Kier alpha value is -1.84. The molecule has 0 atom stereocenters. The number of aliphatic imine (C=N–C) groups is 1. The third-order valence-electron chi connectivity index (χ3n) is 2.08. The van der Waals surface area contributed by atoms with E-state index in [9.17, 15) is 4.79 Å². The van der Waals surface area contributed by atoms with Crippen molar-refractivity contribution in [3.05, 3.63) is 35.9 Å². The van der Waals surface area contributed by atoms with Crippen molar-refractivity contribution in [3.63, 3.8) is 0 Å². The van der Waals surface area contributed by atoms with Gasteiger partial charge in [-0.2, -0.15) is 0 Å². The number of benzene rings is 1. The van der Waals surface area contributed by atoms with Gasteiger partial charge in [0.05, 0.1) is 0 Å². The number of amides is 2. The van der Waals surface area contributed by atoms with E-state index in [-0.39, 0.29) is 6.03 Å². The fourth-order valence-corrected chi connectivity index (χ4v) is 1.32. The molecule has 0 bridgehead atoms. The molecule has 2 amide bonds. The molecular formula is C11H15N3O. The first-order valence-electron chi connectivity index (χ1n) is 4.68. The fourth-order valence-electron chi connectivity index (χ4n) is 1.32. The Balaban J connectivity index is 2.96. The zero-order chi connectivity index (χ0) is 11.3. The largest absolute Gasteiger partial charge is 0.341 e. The van der Waals surface area contributed by atoms with Gasteiger partial charge in [-0.1, -0.05) is 30.3 Å². The number of nitrogens with one attached hydrogen (secondary N) is 1. The number of carbonyl (C=O) groups is 1. The molecule has 0 fully saturated rings. The summed E-state index contributed by atoms with van der Waals surface area (Å²) in [6.07, 6.45) is 0. The maximum absolute atomic E-state index is 11.4. The number of nitrogens with zero attached hydrogens (tertiary/aromatic N) is 2. The molecule has 0 radical (unpaired) electrons. The van der Waals surface area contributed by atoms with Crippen LogP contribution in [-0.4, -0.2) is 37.9 Å². The maximum atomic E-state index is 11.4. The predicted molar refractivity (Wildman–Crippen MR) is 61.1 cm³/mol. The molecule has 0 saturated carbocycles. The van der Waals surface area contributed by atoms with Crippen molar-refractivity contribution in [2.45, 2.75) is 0 Å². The van der Waals surface area contributed by atoms with Crippen molar-refractivity contribution < 1.29 is 4.79 Å². The number of carbonyl (C=O) groups excluding carboxylic acids is 1. The molecular weight excluding hydrogens is 190 g/mol. The summed E-state index contributed by atoms with van der Waals surface area (Å²) < 4.78 is 0. The van der Waals surface area contributed by atoms with Gasteiger partial charge in [-0.15, -0.1) is 0 Å². The second-order valence-corrected chi connectivity index (χ2v) is 3.03. The zero-order valence-corrected chi connectivity index (χ0v) is 9.19. The van der Waals surface area contributed by atoms with Crippen molar-refractivity contribution in [2.75, 3.05) is 21.1 Å².